The first-order valence-electron chi connectivity index (χ1n) is 5.73. The van der Waals surface area contributed by atoms with Gasteiger partial charge in [-0.15, -0.1) is 0 Å². The molecule has 1 aromatic heterocycles. The van der Waals surface area contributed by atoms with Crippen molar-refractivity contribution in [2.45, 2.75) is 13.0 Å². The quantitative estimate of drug-likeness (QED) is 0.781. The molecule has 1 aliphatic heterocycles. The number of nitrogens with zero attached hydrogens (tertiary/aromatic N) is 1. The summed E-state index contributed by atoms with van der Waals surface area (Å²) in [7, 11) is 2.00. The van der Waals surface area contributed by atoms with Gasteiger partial charge in [-0.05, 0) is 30.7 Å². The summed E-state index contributed by atoms with van der Waals surface area (Å²) in [6.07, 6.45) is 0.900. The Morgan fingerprint density at radius 2 is 2.29 bits per heavy atom. The van der Waals surface area contributed by atoms with Crippen molar-refractivity contribution in [3.05, 3.63) is 35.0 Å². The molecule has 4 nitrogen and oxygen atoms in total. The maximum Gasteiger partial charge on any atom is 0.336 e. The second kappa shape index (κ2) is 3.60. The van der Waals surface area contributed by atoms with Crippen LogP contribution in [0, 0.1) is 0 Å². The van der Waals surface area contributed by atoms with E-state index in [0.29, 0.717) is 5.56 Å². The number of rotatable bonds is 1. The first kappa shape index (κ1) is 10.4. The van der Waals surface area contributed by atoms with Crippen LogP contribution in [0.1, 0.15) is 21.6 Å². The summed E-state index contributed by atoms with van der Waals surface area (Å²) in [4.78, 5) is 11.3. The van der Waals surface area contributed by atoms with E-state index in [1.54, 1.807) is 6.07 Å². The lowest BCUT2D eigenvalue weighted by Crippen LogP contribution is -2.24. The summed E-state index contributed by atoms with van der Waals surface area (Å²) >= 11 is 0. The molecular formula is C13H14N2O2. The lowest BCUT2D eigenvalue weighted by Gasteiger charge is -2.14. The number of hydrogen-bond acceptors (Lipinski definition) is 2. The smallest absolute Gasteiger partial charge is 0.336 e. The summed E-state index contributed by atoms with van der Waals surface area (Å²) in [6, 6.07) is 5.48. The van der Waals surface area contributed by atoms with E-state index in [0.717, 1.165) is 30.4 Å². The summed E-state index contributed by atoms with van der Waals surface area (Å²) in [5.74, 6) is -0.845. The van der Waals surface area contributed by atoms with E-state index in [2.05, 4.69) is 9.88 Å². The van der Waals surface area contributed by atoms with Crippen LogP contribution in [0.25, 0.3) is 10.9 Å². The van der Waals surface area contributed by atoms with Gasteiger partial charge in [0, 0.05) is 30.2 Å². The maximum absolute atomic E-state index is 11.3. The van der Waals surface area contributed by atoms with Gasteiger partial charge in [0.05, 0.1) is 5.56 Å². The highest BCUT2D eigenvalue weighted by atomic mass is 16.4. The van der Waals surface area contributed by atoms with E-state index in [-0.39, 0.29) is 0 Å². The minimum Gasteiger partial charge on any atom is -0.478 e. The molecule has 0 saturated heterocycles. The Hall–Kier alpha value is -1.81. The molecule has 0 aliphatic carbocycles. The molecule has 2 N–H and O–H groups in total. The van der Waals surface area contributed by atoms with Crippen molar-refractivity contribution in [1.29, 1.82) is 0 Å². The van der Waals surface area contributed by atoms with Crippen molar-refractivity contribution < 1.29 is 9.90 Å². The molecule has 3 rings (SSSR count). The Labute approximate surface area is 98.9 Å². The molecule has 0 saturated carbocycles. The van der Waals surface area contributed by atoms with E-state index in [9.17, 15) is 9.90 Å². The number of carboxylic acid groups (broad SMARTS) is 1. The number of nitrogens with one attached hydrogen (secondary N) is 1. The lowest BCUT2D eigenvalue weighted by molar-refractivity contribution is 0.0699. The molecule has 0 spiro atoms. The molecule has 1 aliphatic rings. The molecule has 2 heterocycles. The Bertz CT molecular complexity index is 613. The Kier molecular flexibility index (Phi) is 2.19. The number of aromatic carboxylic acids is 1. The van der Waals surface area contributed by atoms with Gasteiger partial charge in [0.25, 0.3) is 0 Å². The molecule has 0 amide bonds. The molecule has 1 aromatic carbocycles. The topological polar surface area (TPSA) is 54.3 Å². The number of aromatic nitrogens is 1. The Balaban J connectivity index is 2.43. The minimum absolute atomic E-state index is 0.418. The normalized spacial score (nSPS) is 14.9. The lowest BCUT2D eigenvalue weighted by atomic mass is 10.0. The van der Waals surface area contributed by atoms with Gasteiger partial charge in [0.15, 0.2) is 0 Å². The van der Waals surface area contributed by atoms with Crippen molar-refractivity contribution in [3.8, 4) is 0 Å². The SMILES string of the molecule is Cn1c2c(c3c(C(=O)O)cccc31)CCNC2. The van der Waals surface area contributed by atoms with Crippen LogP contribution in [0.5, 0.6) is 0 Å². The zero-order chi connectivity index (χ0) is 12.0. The highest BCUT2D eigenvalue weighted by molar-refractivity contribution is 6.05. The third-order valence-electron chi connectivity index (χ3n) is 3.53. The average molecular weight is 230 g/mol. The standard InChI is InChI=1S/C13H14N2O2/c1-15-10-4-2-3-9(13(16)17)12(10)8-5-6-14-7-11(8)15/h2-4,14H,5-7H2,1H3,(H,16,17). The Morgan fingerprint density at radius 3 is 3.06 bits per heavy atom. The monoisotopic (exact) mass is 230 g/mol. The fraction of sp³-hybridized carbons (Fsp3) is 0.308. The number of hydrogen-bond donors (Lipinski definition) is 2. The molecule has 0 unspecified atom stereocenters. The first-order valence-corrected chi connectivity index (χ1v) is 5.73. The van der Waals surface area contributed by atoms with Gasteiger partial charge in [-0.3, -0.25) is 0 Å². The van der Waals surface area contributed by atoms with Crippen molar-refractivity contribution in [2.75, 3.05) is 6.54 Å². The van der Waals surface area contributed by atoms with Crippen molar-refractivity contribution in [2.24, 2.45) is 7.05 Å². The highest BCUT2D eigenvalue weighted by Crippen LogP contribution is 2.30. The molecule has 2 aromatic rings. The third kappa shape index (κ3) is 1.37. The number of carbonyl (C=O) groups is 1. The van der Waals surface area contributed by atoms with E-state index in [4.69, 9.17) is 0 Å². The largest absolute Gasteiger partial charge is 0.478 e. The predicted octanol–water partition coefficient (Wildman–Crippen LogP) is 1.52. The van der Waals surface area contributed by atoms with Gasteiger partial charge >= 0.3 is 5.97 Å². The second-order valence-electron chi connectivity index (χ2n) is 4.42. The van der Waals surface area contributed by atoms with Crippen LogP contribution in [0.3, 0.4) is 0 Å². The molecule has 4 heteroatoms. The van der Waals surface area contributed by atoms with Crippen LogP contribution in [0.4, 0.5) is 0 Å². The molecule has 0 radical (unpaired) electrons. The van der Waals surface area contributed by atoms with Crippen molar-refractivity contribution >= 4 is 16.9 Å². The summed E-state index contributed by atoms with van der Waals surface area (Å²) in [5, 5.41) is 13.5. The predicted molar refractivity (Wildman–Crippen MR) is 65.3 cm³/mol. The molecule has 17 heavy (non-hydrogen) atoms. The van der Waals surface area contributed by atoms with E-state index in [1.807, 2.05) is 19.2 Å². The first-order chi connectivity index (χ1) is 8.20. The van der Waals surface area contributed by atoms with Crippen LogP contribution >= 0.6 is 0 Å². The van der Waals surface area contributed by atoms with Gasteiger partial charge in [-0.2, -0.15) is 0 Å². The van der Waals surface area contributed by atoms with Crippen LogP contribution in [-0.2, 0) is 20.0 Å². The second-order valence-corrected chi connectivity index (χ2v) is 4.42. The summed E-state index contributed by atoms with van der Waals surface area (Å²) in [5.41, 5.74) is 3.83. The molecular weight excluding hydrogens is 216 g/mol. The van der Waals surface area contributed by atoms with Gasteiger partial charge in [0.2, 0.25) is 0 Å². The number of aryl methyl sites for hydroxylation is 1. The minimum atomic E-state index is -0.845. The Morgan fingerprint density at radius 1 is 1.47 bits per heavy atom. The molecule has 0 fully saturated rings. The zero-order valence-electron chi connectivity index (χ0n) is 9.66. The van der Waals surface area contributed by atoms with Crippen molar-refractivity contribution in [1.82, 2.24) is 9.88 Å². The number of benzene rings is 1. The van der Waals surface area contributed by atoms with Gasteiger partial charge < -0.3 is 15.0 Å². The van der Waals surface area contributed by atoms with E-state index < -0.39 is 5.97 Å². The van der Waals surface area contributed by atoms with Gasteiger partial charge in [-0.25, -0.2) is 4.79 Å². The zero-order valence-corrected chi connectivity index (χ0v) is 9.66. The van der Waals surface area contributed by atoms with E-state index >= 15 is 0 Å². The maximum atomic E-state index is 11.3. The number of fused-ring (bicyclic) bond motifs is 3. The fourth-order valence-electron chi connectivity index (χ4n) is 2.72. The van der Waals surface area contributed by atoms with Crippen LogP contribution in [-0.4, -0.2) is 22.2 Å². The van der Waals surface area contributed by atoms with Crippen molar-refractivity contribution in [3.63, 3.8) is 0 Å². The third-order valence-corrected chi connectivity index (χ3v) is 3.53. The van der Waals surface area contributed by atoms with Crippen LogP contribution in [0.2, 0.25) is 0 Å². The average Bonchev–Trinajstić information content (AvgIpc) is 2.64. The molecule has 88 valence electrons. The summed E-state index contributed by atoms with van der Waals surface area (Å²) in [6.45, 7) is 1.74. The molecule has 0 bridgehead atoms. The highest BCUT2D eigenvalue weighted by Gasteiger charge is 2.21. The van der Waals surface area contributed by atoms with Crippen LogP contribution < -0.4 is 5.32 Å². The van der Waals surface area contributed by atoms with Gasteiger partial charge in [0.1, 0.15) is 0 Å². The number of carboxylic acids is 1. The van der Waals surface area contributed by atoms with Gasteiger partial charge in [-0.1, -0.05) is 6.07 Å². The summed E-state index contributed by atoms with van der Waals surface area (Å²) < 4.78 is 2.10. The fourth-order valence-corrected chi connectivity index (χ4v) is 2.72. The molecule has 0 atom stereocenters. The van der Waals surface area contributed by atoms with E-state index in [1.165, 1.54) is 11.3 Å². The van der Waals surface area contributed by atoms with Crippen LogP contribution in [0.15, 0.2) is 18.2 Å².